The molecule has 1 unspecified atom stereocenters. The van der Waals surface area contributed by atoms with Gasteiger partial charge in [0.05, 0.1) is 26.4 Å². The maximum Gasteiger partial charge on any atom is 0.249 e. The Kier molecular flexibility index (Phi) is 7.84. The standard InChI is InChI=1S/C27H40N4O3/c32-26(24-5-6-27(22-24)7-8-28-25-4-2-1-3-23(25)21-27)31(11-9-29-13-17-33-18-14-29)12-10-30-15-19-34-20-16-30/h1-4,22,28H,5-21H2. The summed E-state index contributed by atoms with van der Waals surface area (Å²) in [5.41, 5.74) is 3.76. The van der Waals surface area contributed by atoms with E-state index in [-0.39, 0.29) is 11.3 Å². The number of benzene rings is 1. The van der Waals surface area contributed by atoms with Crippen LogP contribution in [0.4, 0.5) is 5.69 Å². The number of carbonyl (C=O) groups is 1. The van der Waals surface area contributed by atoms with Crippen LogP contribution in [0, 0.1) is 5.41 Å². The maximum absolute atomic E-state index is 13.8. The van der Waals surface area contributed by atoms with E-state index >= 15 is 0 Å². The third kappa shape index (κ3) is 5.82. The Hall–Kier alpha value is -1.93. The molecule has 1 aromatic carbocycles. The minimum absolute atomic E-state index is 0.102. The zero-order valence-electron chi connectivity index (χ0n) is 20.5. The van der Waals surface area contributed by atoms with Crippen LogP contribution in [-0.4, -0.2) is 106 Å². The van der Waals surface area contributed by atoms with E-state index in [0.717, 1.165) is 117 Å². The first kappa shape index (κ1) is 23.8. The number of ether oxygens (including phenoxy) is 2. The molecule has 3 heterocycles. The highest BCUT2D eigenvalue weighted by Gasteiger charge is 2.37. The topological polar surface area (TPSA) is 57.3 Å². The SMILES string of the molecule is O=C(C1=CC2(CCNc3ccccc3C2)CC1)N(CCN1CCOCC1)CCN1CCOCC1. The van der Waals surface area contributed by atoms with E-state index in [1.807, 2.05) is 0 Å². The van der Waals surface area contributed by atoms with Crippen LogP contribution in [0.2, 0.25) is 0 Å². The molecule has 0 bridgehead atoms. The van der Waals surface area contributed by atoms with Crippen LogP contribution in [0.5, 0.6) is 0 Å². The van der Waals surface area contributed by atoms with Gasteiger partial charge in [-0.1, -0.05) is 24.3 Å². The molecular formula is C27H40N4O3. The number of hydrogen-bond acceptors (Lipinski definition) is 6. The lowest BCUT2D eigenvalue weighted by atomic mass is 9.79. The van der Waals surface area contributed by atoms with Gasteiger partial charge >= 0.3 is 0 Å². The molecule has 0 aromatic heterocycles. The lowest BCUT2D eigenvalue weighted by Crippen LogP contribution is -2.47. The van der Waals surface area contributed by atoms with E-state index in [9.17, 15) is 4.79 Å². The fourth-order valence-corrected chi connectivity index (χ4v) is 5.86. The minimum atomic E-state index is 0.102. The number of anilines is 1. The van der Waals surface area contributed by atoms with Gasteiger partial charge in [0.2, 0.25) is 5.91 Å². The molecule has 2 fully saturated rings. The van der Waals surface area contributed by atoms with Crippen molar-refractivity contribution in [3.63, 3.8) is 0 Å². The minimum Gasteiger partial charge on any atom is -0.385 e. The number of morpholine rings is 2. The molecule has 2 saturated heterocycles. The van der Waals surface area contributed by atoms with Gasteiger partial charge in [0.25, 0.3) is 0 Å². The van der Waals surface area contributed by atoms with Gasteiger partial charge in [0, 0.05) is 70.2 Å². The molecule has 1 N–H and O–H groups in total. The van der Waals surface area contributed by atoms with Crippen LogP contribution in [-0.2, 0) is 20.7 Å². The molecule has 3 aliphatic heterocycles. The molecule has 5 rings (SSSR count). The summed E-state index contributed by atoms with van der Waals surface area (Å²) in [6.45, 7) is 11.4. The van der Waals surface area contributed by atoms with Gasteiger partial charge in [-0.25, -0.2) is 0 Å². The molecule has 186 valence electrons. The van der Waals surface area contributed by atoms with Crippen LogP contribution >= 0.6 is 0 Å². The lowest BCUT2D eigenvalue weighted by Gasteiger charge is -2.33. The van der Waals surface area contributed by atoms with E-state index in [1.54, 1.807) is 0 Å². The van der Waals surface area contributed by atoms with Crippen LogP contribution in [0.25, 0.3) is 0 Å². The van der Waals surface area contributed by atoms with Crippen molar-refractivity contribution >= 4 is 11.6 Å². The number of rotatable bonds is 7. The van der Waals surface area contributed by atoms with E-state index in [1.165, 1.54) is 11.3 Å². The van der Waals surface area contributed by atoms with Crippen LogP contribution in [0.15, 0.2) is 35.9 Å². The van der Waals surface area contributed by atoms with Crippen LogP contribution in [0.3, 0.4) is 0 Å². The molecule has 0 saturated carbocycles. The van der Waals surface area contributed by atoms with Crippen molar-refractivity contribution in [2.75, 3.05) is 90.6 Å². The second-order valence-corrected chi connectivity index (χ2v) is 10.2. The van der Waals surface area contributed by atoms with Gasteiger partial charge < -0.3 is 19.7 Å². The van der Waals surface area contributed by atoms with Crippen molar-refractivity contribution in [3.8, 4) is 0 Å². The highest BCUT2D eigenvalue weighted by molar-refractivity contribution is 5.94. The molecule has 1 amide bonds. The van der Waals surface area contributed by atoms with E-state index < -0.39 is 0 Å². The van der Waals surface area contributed by atoms with Crippen LogP contribution in [0.1, 0.15) is 24.8 Å². The smallest absolute Gasteiger partial charge is 0.249 e. The Labute approximate surface area is 204 Å². The summed E-state index contributed by atoms with van der Waals surface area (Å²) in [5, 5.41) is 3.60. The van der Waals surface area contributed by atoms with E-state index in [2.05, 4.69) is 50.4 Å². The number of amides is 1. The molecule has 7 heteroatoms. The highest BCUT2D eigenvalue weighted by atomic mass is 16.5. The quantitative estimate of drug-likeness (QED) is 0.663. The van der Waals surface area contributed by atoms with Crippen molar-refractivity contribution in [2.24, 2.45) is 5.41 Å². The van der Waals surface area contributed by atoms with Crippen molar-refractivity contribution in [1.82, 2.24) is 14.7 Å². The molecule has 0 radical (unpaired) electrons. The van der Waals surface area contributed by atoms with Crippen molar-refractivity contribution in [1.29, 1.82) is 0 Å². The van der Waals surface area contributed by atoms with Crippen molar-refractivity contribution < 1.29 is 14.3 Å². The summed E-state index contributed by atoms with van der Waals surface area (Å²) in [4.78, 5) is 20.8. The zero-order valence-corrected chi connectivity index (χ0v) is 20.5. The fraction of sp³-hybridized carbons (Fsp3) is 0.667. The first-order chi connectivity index (χ1) is 16.7. The largest absolute Gasteiger partial charge is 0.385 e. The lowest BCUT2D eigenvalue weighted by molar-refractivity contribution is -0.128. The molecule has 34 heavy (non-hydrogen) atoms. The number of nitrogens with one attached hydrogen (secondary N) is 1. The van der Waals surface area contributed by atoms with Gasteiger partial charge in [0.15, 0.2) is 0 Å². The van der Waals surface area contributed by atoms with E-state index in [4.69, 9.17) is 9.47 Å². The average molecular weight is 469 g/mol. The highest BCUT2D eigenvalue weighted by Crippen LogP contribution is 2.44. The Bertz CT molecular complexity index is 841. The predicted molar refractivity (Wildman–Crippen MR) is 134 cm³/mol. The predicted octanol–water partition coefficient (Wildman–Crippen LogP) is 2.24. The van der Waals surface area contributed by atoms with Gasteiger partial charge in [-0.05, 0) is 42.7 Å². The fourth-order valence-electron chi connectivity index (χ4n) is 5.86. The first-order valence-corrected chi connectivity index (χ1v) is 13.1. The third-order valence-electron chi connectivity index (χ3n) is 8.01. The average Bonchev–Trinajstić information content (AvgIpc) is 3.20. The maximum atomic E-state index is 13.8. The van der Waals surface area contributed by atoms with Gasteiger partial charge in [0.1, 0.15) is 0 Å². The summed E-state index contributed by atoms with van der Waals surface area (Å²) in [5.74, 6) is 0.254. The Morgan fingerprint density at radius 2 is 1.59 bits per heavy atom. The first-order valence-electron chi connectivity index (χ1n) is 13.1. The number of allylic oxidation sites excluding steroid dienone is 1. The summed E-state index contributed by atoms with van der Waals surface area (Å²) < 4.78 is 11.0. The molecule has 1 aliphatic carbocycles. The second-order valence-electron chi connectivity index (χ2n) is 10.2. The summed E-state index contributed by atoms with van der Waals surface area (Å²) in [6, 6.07) is 8.64. The molecule has 1 aromatic rings. The summed E-state index contributed by atoms with van der Waals surface area (Å²) >= 11 is 0. The van der Waals surface area contributed by atoms with Crippen molar-refractivity contribution in [3.05, 3.63) is 41.5 Å². The number of carbonyl (C=O) groups excluding carboxylic acids is 1. The molecule has 4 aliphatic rings. The Balaban J connectivity index is 1.27. The third-order valence-corrected chi connectivity index (χ3v) is 8.01. The normalized spacial score (nSPS) is 25.9. The van der Waals surface area contributed by atoms with Gasteiger partial charge in [-0.3, -0.25) is 14.6 Å². The Morgan fingerprint density at radius 3 is 2.26 bits per heavy atom. The van der Waals surface area contributed by atoms with E-state index in [0.29, 0.717) is 0 Å². The summed E-state index contributed by atoms with van der Waals surface area (Å²) in [7, 11) is 0. The monoisotopic (exact) mass is 468 g/mol. The second kappa shape index (κ2) is 11.2. The number of hydrogen-bond donors (Lipinski definition) is 1. The number of nitrogens with zero attached hydrogens (tertiary/aromatic N) is 3. The number of para-hydroxylation sites is 1. The van der Waals surface area contributed by atoms with Gasteiger partial charge in [-0.2, -0.15) is 0 Å². The molecule has 7 nitrogen and oxygen atoms in total. The molecular weight excluding hydrogens is 428 g/mol. The molecule has 1 atom stereocenters. The van der Waals surface area contributed by atoms with Gasteiger partial charge in [-0.15, -0.1) is 0 Å². The van der Waals surface area contributed by atoms with Crippen molar-refractivity contribution in [2.45, 2.75) is 25.7 Å². The zero-order chi connectivity index (χ0) is 23.2. The molecule has 1 spiro atoms. The summed E-state index contributed by atoms with van der Waals surface area (Å²) in [6.07, 6.45) is 6.43. The Morgan fingerprint density at radius 1 is 0.941 bits per heavy atom. The number of fused-ring (bicyclic) bond motifs is 1. The van der Waals surface area contributed by atoms with Crippen LogP contribution < -0.4 is 5.32 Å².